The highest BCUT2D eigenvalue weighted by molar-refractivity contribution is 5.81. The molecule has 3 N–H and O–H groups in total. The highest BCUT2D eigenvalue weighted by Gasteiger charge is 2.28. The Morgan fingerprint density at radius 1 is 1.03 bits per heavy atom. The quantitative estimate of drug-likeness (QED) is 0.339. The van der Waals surface area contributed by atoms with E-state index in [-0.39, 0.29) is 11.8 Å². The number of aliphatic imine (C=N–C) groups is 1. The topological polar surface area (TPSA) is 68.8 Å². The predicted molar refractivity (Wildman–Crippen MR) is 119 cm³/mol. The maximum absolute atomic E-state index is 11.7. The number of amides is 1. The van der Waals surface area contributed by atoms with E-state index >= 15 is 0 Å². The summed E-state index contributed by atoms with van der Waals surface area (Å²) in [4.78, 5) is 19.1. The van der Waals surface area contributed by atoms with E-state index < -0.39 is 0 Å². The molecular weight excluding hydrogens is 362 g/mol. The van der Waals surface area contributed by atoms with Crippen molar-refractivity contribution in [1.82, 2.24) is 20.9 Å². The third kappa shape index (κ3) is 7.35. The van der Waals surface area contributed by atoms with Gasteiger partial charge in [0.2, 0.25) is 5.91 Å². The highest BCUT2D eigenvalue weighted by Crippen LogP contribution is 2.28. The summed E-state index contributed by atoms with van der Waals surface area (Å²) in [6.07, 6.45) is 4.68. The summed E-state index contributed by atoms with van der Waals surface area (Å²) in [6.45, 7) is 10.6. The van der Waals surface area contributed by atoms with Crippen LogP contribution in [0.5, 0.6) is 0 Å². The molecule has 0 spiro atoms. The molecule has 1 aliphatic heterocycles. The maximum atomic E-state index is 11.7. The second-order valence-electron chi connectivity index (χ2n) is 8.41. The highest BCUT2D eigenvalue weighted by atomic mass is 16.2. The van der Waals surface area contributed by atoms with Crippen LogP contribution in [0, 0.1) is 11.8 Å². The van der Waals surface area contributed by atoms with Gasteiger partial charge in [-0.2, -0.15) is 0 Å². The van der Waals surface area contributed by atoms with Crippen molar-refractivity contribution in [3.63, 3.8) is 0 Å². The first-order chi connectivity index (χ1) is 14.2. The van der Waals surface area contributed by atoms with Gasteiger partial charge in [0, 0.05) is 32.1 Å². The lowest BCUT2D eigenvalue weighted by atomic mass is 9.98. The average Bonchev–Trinajstić information content (AvgIpc) is 3.57. The first-order valence-electron chi connectivity index (χ1n) is 11.2. The van der Waals surface area contributed by atoms with Gasteiger partial charge in [0.1, 0.15) is 0 Å². The lowest BCUT2D eigenvalue weighted by Gasteiger charge is -2.30. The summed E-state index contributed by atoms with van der Waals surface area (Å²) < 4.78 is 0. The Morgan fingerprint density at radius 3 is 2.41 bits per heavy atom. The summed E-state index contributed by atoms with van der Waals surface area (Å²) >= 11 is 0. The van der Waals surface area contributed by atoms with Gasteiger partial charge in [0.05, 0.1) is 6.54 Å². The molecule has 6 heteroatoms. The normalized spacial score (nSPS) is 18.5. The Kier molecular flexibility index (Phi) is 8.35. The van der Waals surface area contributed by atoms with E-state index in [1.807, 2.05) is 0 Å². The molecule has 0 radical (unpaired) electrons. The molecule has 160 valence electrons. The van der Waals surface area contributed by atoms with E-state index in [1.54, 1.807) is 0 Å². The molecule has 0 aromatic heterocycles. The molecule has 2 aliphatic rings. The van der Waals surface area contributed by atoms with Gasteiger partial charge in [-0.3, -0.25) is 9.69 Å². The lowest BCUT2D eigenvalue weighted by molar-refractivity contribution is -0.122. The molecule has 29 heavy (non-hydrogen) atoms. The average molecular weight is 400 g/mol. The van der Waals surface area contributed by atoms with Crippen LogP contribution in [0.1, 0.15) is 50.7 Å². The van der Waals surface area contributed by atoms with Crippen molar-refractivity contribution in [3.8, 4) is 0 Å². The third-order valence-corrected chi connectivity index (χ3v) is 5.81. The predicted octanol–water partition coefficient (Wildman–Crippen LogP) is 2.50. The van der Waals surface area contributed by atoms with Gasteiger partial charge >= 0.3 is 0 Å². The number of likely N-dealkylation sites (tertiary alicyclic amines) is 1. The van der Waals surface area contributed by atoms with Crippen LogP contribution in [0.15, 0.2) is 29.3 Å². The number of rotatable bonds is 9. The van der Waals surface area contributed by atoms with Crippen LogP contribution >= 0.6 is 0 Å². The van der Waals surface area contributed by atoms with Crippen LogP contribution < -0.4 is 16.0 Å². The van der Waals surface area contributed by atoms with E-state index in [2.05, 4.69) is 59.0 Å². The number of benzene rings is 1. The zero-order valence-corrected chi connectivity index (χ0v) is 18.0. The Bertz CT molecular complexity index is 678. The summed E-state index contributed by atoms with van der Waals surface area (Å²) in [5, 5.41) is 9.61. The largest absolute Gasteiger partial charge is 0.357 e. The smallest absolute Gasteiger partial charge is 0.223 e. The minimum atomic E-state index is 0.190. The summed E-state index contributed by atoms with van der Waals surface area (Å²) in [6, 6.07) is 8.64. The first kappa shape index (κ1) is 21.6. The zero-order valence-electron chi connectivity index (χ0n) is 18.0. The van der Waals surface area contributed by atoms with Gasteiger partial charge in [-0.25, -0.2) is 4.99 Å². The van der Waals surface area contributed by atoms with Crippen molar-refractivity contribution < 1.29 is 4.79 Å². The van der Waals surface area contributed by atoms with Crippen LogP contribution in [0.4, 0.5) is 0 Å². The van der Waals surface area contributed by atoms with Crippen molar-refractivity contribution in [2.45, 2.75) is 52.6 Å². The molecule has 1 aliphatic carbocycles. The van der Waals surface area contributed by atoms with E-state index in [0.717, 1.165) is 37.8 Å². The molecule has 0 unspecified atom stereocenters. The molecule has 1 saturated carbocycles. The second-order valence-corrected chi connectivity index (χ2v) is 8.41. The number of hydrogen-bond donors (Lipinski definition) is 3. The van der Waals surface area contributed by atoms with Gasteiger partial charge in [-0.15, -0.1) is 0 Å². The van der Waals surface area contributed by atoms with Gasteiger partial charge in [0.25, 0.3) is 0 Å². The van der Waals surface area contributed by atoms with Crippen LogP contribution in [0.2, 0.25) is 0 Å². The summed E-state index contributed by atoms with van der Waals surface area (Å²) in [5.74, 6) is 2.11. The number of hydrogen-bond acceptors (Lipinski definition) is 3. The van der Waals surface area contributed by atoms with Crippen molar-refractivity contribution in [1.29, 1.82) is 0 Å². The number of carbonyl (C=O) groups excluding carboxylic acids is 1. The molecule has 3 rings (SSSR count). The van der Waals surface area contributed by atoms with Gasteiger partial charge in [0.15, 0.2) is 5.96 Å². The van der Waals surface area contributed by atoms with E-state index in [9.17, 15) is 4.79 Å². The van der Waals surface area contributed by atoms with Gasteiger partial charge < -0.3 is 16.0 Å². The summed E-state index contributed by atoms with van der Waals surface area (Å²) in [7, 11) is 0. The molecular formula is C23H37N5O. The van der Waals surface area contributed by atoms with Gasteiger partial charge in [-0.05, 0) is 62.7 Å². The van der Waals surface area contributed by atoms with Crippen LogP contribution in [-0.2, 0) is 17.9 Å². The number of nitrogens with zero attached hydrogens (tertiary/aromatic N) is 2. The first-order valence-corrected chi connectivity index (χ1v) is 11.2. The number of nitrogens with one attached hydrogen (secondary N) is 3. The van der Waals surface area contributed by atoms with Crippen molar-refractivity contribution >= 4 is 11.9 Å². The third-order valence-electron chi connectivity index (χ3n) is 5.81. The Morgan fingerprint density at radius 2 is 1.72 bits per heavy atom. The Hall–Kier alpha value is -2.08. The minimum absolute atomic E-state index is 0.190. The lowest BCUT2D eigenvalue weighted by Crippen LogP contribution is -2.41. The zero-order chi connectivity index (χ0) is 20.5. The monoisotopic (exact) mass is 399 g/mol. The molecule has 1 heterocycles. The molecule has 1 aromatic carbocycles. The molecule has 0 atom stereocenters. The van der Waals surface area contributed by atoms with Crippen LogP contribution in [-0.4, -0.2) is 49.5 Å². The van der Waals surface area contributed by atoms with Crippen LogP contribution in [0.3, 0.4) is 0 Å². The Balaban J connectivity index is 1.50. The SMILES string of the molecule is CCNC(=NCc1ccccc1CN1CCC(C)CC1)NCCNC(=O)C1CC1. The van der Waals surface area contributed by atoms with Crippen LogP contribution in [0.25, 0.3) is 0 Å². The number of piperidine rings is 1. The molecule has 1 amide bonds. The van der Waals surface area contributed by atoms with Crippen molar-refractivity contribution in [2.75, 3.05) is 32.7 Å². The molecule has 1 saturated heterocycles. The van der Waals surface area contributed by atoms with E-state index in [4.69, 9.17) is 4.99 Å². The van der Waals surface area contributed by atoms with Gasteiger partial charge in [-0.1, -0.05) is 31.2 Å². The maximum Gasteiger partial charge on any atom is 0.223 e. The van der Waals surface area contributed by atoms with Crippen molar-refractivity contribution in [2.24, 2.45) is 16.8 Å². The van der Waals surface area contributed by atoms with Crippen molar-refractivity contribution in [3.05, 3.63) is 35.4 Å². The Labute approximate surface area is 175 Å². The molecule has 0 bridgehead atoms. The second kappa shape index (κ2) is 11.2. The number of guanidine groups is 1. The standard InChI is InChI=1S/C23H37N5O/c1-3-24-23(26-13-12-25-22(29)19-8-9-19)27-16-20-6-4-5-7-21(20)17-28-14-10-18(2)11-15-28/h4-7,18-19H,3,8-17H2,1-2H3,(H,25,29)(H2,24,26,27). The molecule has 2 fully saturated rings. The molecule has 6 nitrogen and oxygen atoms in total. The fourth-order valence-corrected chi connectivity index (χ4v) is 3.69. The van der Waals surface area contributed by atoms with E-state index in [0.29, 0.717) is 19.6 Å². The van der Waals surface area contributed by atoms with E-state index in [1.165, 1.54) is 37.1 Å². The summed E-state index contributed by atoms with van der Waals surface area (Å²) in [5.41, 5.74) is 2.66. The number of carbonyl (C=O) groups is 1. The molecule has 1 aromatic rings. The fourth-order valence-electron chi connectivity index (χ4n) is 3.69. The minimum Gasteiger partial charge on any atom is -0.357 e. The fraction of sp³-hybridized carbons (Fsp3) is 0.652.